The third-order valence-corrected chi connectivity index (χ3v) is 2.92. The number of H-pyrrole nitrogens is 1. The topological polar surface area (TPSA) is 56.8 Å². The van der Waals surface area contributed by atoms with Crippen molar-refractivity contribution in [2.24, 2.45) is 0 Å². The van der Waals surface area contributed by atoms with Gasteiger partial charge in [-0.25, -0.2) is 9.97 Å². The van der Waals surface area contributed by atoms with Gasteiger partial charge in [0, 0.05) is 32.4 Å². The number of rotatable bonds is 1. The molecule has 0 amide bonds. The van der Waals surface area contributed by atoms with Crippen LogP contribution in [0.5, 0.6) is 0 Å². The first kappa shape index (κ1) is 9.59. The van der Waals surface area contributed by atoms with Gasteiger partial charge in [-0.15, -0.1) is 0 Å². The number of piperazine rings is 1. The lowest BCUT2D eigenvalue weighted by molar-refractivity contribution is 0.585. The summed E-state index contributed by atoms with van der Waals surface area (Å²) >= 11 is 0. The fraction of sp³-hybridized carbons (Fsp3) is 0.455. The van der Waals surface area contributed by atoms with Gasteiger partial charge in [-0.05, 0) is 13.0 Å². The van der Waals surface area contributed by atoms with Gasteiger partial charge in [0.1, 0.15) is 11.3 Å². The average molecular weight is 217 g/mol. The summed E-state index contributed by atoms with van der Waals surface area (Å²) in [5.74, 6) is 1.87. The molecule has 16 heavy (non-hydrogen) atoms. The van der Waals surface area contributed by atoms with E-state index in [1.165, 1.54) is 0 Å². The van der Waals surface area contributed by atoms with Gasteiger partial charge >= 0.3 is 0 Å². The molecule has 0 spiro atoms. The molecule has 0 atom stereocenters. The Kier molecular flexibility index (Phi) is 2.25. The Morgan fingerprint density at radius 3 is 2.88 bits per heavy atom. The molecule has 0 aromatic carbocycles. The van der Waals surface area contributed by atoms with Crippen molar-refractivity contribution in [3.8, 4) is 0 Å². The van der Waals surface area contributed by atoms with Crippen molar-refractivity contribution in [3.63, 3.8) is 0 Å². The molecular formula is C11H15N5. The Balaban J connectivity index is 2.09. The molecular weight excluding hydrogens is 202 g/mol. The molecule has 3 rings (SSSR count). The number of hydrogen-bond donors (Lipinski definition) is 2. The third-order valence-electron chi connectivity index (χ3n) is 2.92. The van der Waals surface area contributed by atoms with Crippen LogP contribution in [0, 0.1) is 6.92 Å². The first-order valence-corrected chi connectivity index (χ1v) is 5.62. The summed E-state index contributed by atoms with van der Waals surface area (Å²) in [6.07, 6.45) is 1.92. The minimum Gasteiger partial charge on any atom is -0.357 e. The Hall–Kier alpha value is -1.62. The number of hydrogen-bond acceptors (Lipinski definition) is 4. The molecule has 1 aliphatic heterocycles. The van der Waals surface area contributed by atoms with Crippen LogP contribution >= 0.6 is 0 Å². The molecule has 0 radical (unpaired) electrons. The van der Waals surface area contributed by atoms with E-state index in [1.54, 1.807) is 0 Å². The van der Waals surface area contributed by atoms with Gasteiger partial charge < -0.3 is 15.2 Å². The van der Waals surface area contributed by atoms with Crippen LogP contribution in [0.15, 0.2) is 12.3 Å². The van der Waals surface area contributed by atoms with Gasteiger partial charge in [0.05, 0.1) is 5.52 Å². The molecule has 1 saturated heterocycles. The quantitative estimate of drug-likeness (QED) is 0.737. The number of nitrogens with one attached hydrogen (secondary N) is 2. The van der Waals surface area contributed by atoms with E-state index in [4.69, 9.17) is 0 Å². The van der Waals surface area contributed by atoms with Crippen LogP contribution in [-0.4, -0.2) is 41.1 Å². The smallest absolute Gasteiger partial charge is 0.156 e. The Labute approximate surface area is 93.9 Å². The maximum Gasteiger partial charge on any atom is 0.156 e. The molecule has 5 heteroatoms. The fourth-order valence-corrected chi connectivity index (χ4v) is 2.15. The highest BCUT2D eigenvalue weighted by atomic mass is 15.2. The Morgan fingerprint density at radius 1 is 1.25 bits per heavy atom. The number of anilines is 1. The molecule has 2 N–H and O–H groups in total. The van der Waals surface area contributed by atoms with E-state index in [0.717, 1.165) is 48.9 Å². The van der Waals surface area contributed by atoms with E-state index in [9.17, 15) is 0 Å². The minimum absolute atomic E-state index is 0.834. The molecule has 0 bridgehead atoms. The molecule has 0 aliphatic carbocycles. The van der Waals surface area contributed by atoms with Gasteiger partial charge in [-0.2, -0.15) is 0 Å². The second kappa shape index (κ2) is 3.75. The number of fused-ring (bicyclic) bond motifs is 1. The molecule has 2 aromatic heterocycles. The second-order valence-corrected chi connectivity index (χ2v) is 4.07. The SMILES string of the molecule is Cc1nc(N2CCNCC2)c2[nH]ccc2n1. The molecule has 1 fully saturated rings. The normalized spacial score (nSPS) is 16.9. The van der Waals surface area contributed by atoms with E-state index in [0.29, 0.717) is 0 Å². The van der Waals surface area contributed by atoms with Crippen molar-refractivity contribution in [1.82, 2.24) is 20.3 Å². The highest BCUT2D eigenvalue weighted by Crippen LogP contribution is 2.22. The lowest BCUT2D eigenvalue weighted by atomic mass is 10.3. The van der Waals surface area contributed by atoms with Crippen molar-refractivity contribution in [2.75, 3.05) is 31.1 Å². The lowest BCUT2D eigenvalue weighted by Crippen LogP contribution is -2.44. The molecule has 0 saturated carbocycles. The Bertz CT molecular complexity index is 498. The van der Waals surface area contributed by atoms with Crippen molar-refractivity contribution in [2.45, 2.75) is 6.92 Å². The van der Waals surface area contributed by atoms with Crippen LogP contribution in [0.1, 0.15) is 5.82 Å². The van der Waals surface area contributed by atoms with E-state index < -0.39 is 0 Å². The monoisotopic (exact) mass is 217 g/mol. The average Bonchev–Trinajstić information content (AvgIpc) is 2.77. The maximum atomic E-state index is 4.55. The highest BCUT2D eigenvalue weighted by Gasteiger charge is 2.16. The van der Waals surface area contributed by atoms with Crippen molar-refractivity contribution >= 4 is 16.9 Å². The third kappa shape index (κ3) is 1.53. The van der Waals surface area contributed by atoms with Gasteiger partial charge in [0.25, 0.3) is 0 Å². The summed E-state index contributed by atoms with van der Waals surface area (Å²) in [6, 6.07) is 2.00. The summed E-state index contributed by atoms with van der Waals surface area (Å²) in [5.41, 5.74) is 2.05. The first-order chi connectivity index (χ1) is 7.84. The molecule has 1 aliphatic rings. The molecule has 2 aromatic rings. The Morgan fingerprint density at radius 2 is 2.06 bits per heavy atom. The predicted octanol–water partition coefficient (Wildman–Crippen LogP) is 0.676. The predicted molar refractivity (Wildman–Crippen MR) is 63.7 cm³/mol. The molecule has 84 valence electrons. The van der Waals surface area contributed by atoms with Crippen molar-refractivity contribution < 1.29 is 0 Å². The number of nitrogens with zero attached hydrogens (tertiary/aromatic N) is 3. The summed E-state index contributed by atoms with van der Waals surface area (Å²) in [7, 11) is 0. The zero-order valence-corrected chi connectivity index (χ0v) is 9.32. The first-order valence-electron chi connectivity index (χ1n) is 5.62. The van der Waals surface area contributed by atoms with E-state index in [2.05, 4.69) is 25.2 Å². The number of aryl methyl sites for hydroxylation is 1. The standard InChI is InChI=1S/C11H15N5/c1-8-14-9-2-3-13-10(9)11(15-8)16-6-4-12-5-7-16/h2-3,12-13H,4-7H2,1H3. The van der Waals surface area contributed by atoms with Crippen molar-refractivity contribution in [1.29, 1.82) is 0 Å². The van der Waals surface area contributed by atoms with Crippen LogP contribution < -0.4 is 10.2 Å². The molecule has 5 nitrogen and oxygen atoms in total. The summed E-state index contributed by atoms with van der Waals surface area (Å²) in [4.78, 5) is 14.5. The van der Waals surface area contributed by atoms with Crippen LogP contribution in [0.3, 0.4) is 0 Å². The maximum absolute atomic E-state index is 4.55. The lowest BCUT2D eigenvalue weighted by Gasteiger charge is -2.28. The second-order valence-electron chi connectivity index (χ2n) is 4.07. The number of aromatic nitrogens is 3. The molecule has 3 heterocycles. The van der Waals surface area contributed by atoms with E-state index >= 15 is 0 Å². The van der Waals surface area contributed by atoms with Gasteiger partial charge in [0.2, 0.25) is 0 Å². The van der Waals surface area contributed by atoms with Gasteiger partial charge in [-0.3, -0.25) is 0 Å². The van der Waals surface area contributed by atoms with E-state index in [1.807, 2.05) is 19.2 Å². The summed E-state index contributed by atoms with van der Waals surface area (Å²) < 4.78 is 0. The largest absolute Gasteiger partial charge is 0.357 e. The van der Waals surface area contributed by atoms with Crippen LogP contribution in [0.2, 0.25) is 0 Å². The van der Waals surface area contributed by atoms with Crippen LogP contribution in [0.4, 0.5) is 5.82 Å². The summed E-state index contributed by atoms with van der Waals surface area (Å²) in [6.45, 7) is 5.99. The molecule has 0 unspecified atom stereocenters. The zero-order chi connectivity index (χ0) is 11.0. The minimum atomic E-state index is 0.834. The van der Waals surface area contributed by atoms with Crippen LogP contribution in [0.25, 0.3) is 11.0 Å². The van der Waals surface area contributed by atoms with Gasteiger partial charge in [0.15, 0.2) is 5.82 Å². The van der Waals surface area contributed by atoms with Crippen LogP contribution in [-0.2, 0) is 0 Å². The van der Waals surface area contributed by atoms with Gasteiger partial charge in [-0.1, -0.05) is 0 Å². The highest BCUT2D eigenvalue weighted by molar-refractivity contribution is 5.86. The summed E-state index contributed by atoms with van der Waals surface area (Å²) in [5, 5.41) is 3.35. The van der Waals surface area contributed by atoms with Crippen molar-refractivity contribution in [3.05, 3.63) is 18.1 Å². The number of aromatic amines is 1. The van der Waals surface area contributed by atoms with E-state index in [-0.39, 0.29) is 0 Å². The zero-order valence-electron chi connectivity index (χ0n) is 9.32. The fourth-order valence-electron chi connectivity index (χ4n) is 2.15.